The summed E-state index contributed by atoms with van der Waals surface area (Å²) in [6, 6.07) is 11.7. The van der Waals surface area contributed by atoms with Crippen LogP contribution in [0.3, 0.4) is 0 Å². The van der Waals surface area contributed by atoms with E-state index in [2.05, 4.69) is 28.2 Å². The number of aromatic nitrogens is 2. The van der Waals surface area contributed by atoms with E-state index in [1.54, 1.807) is 12.4 Å². The zero-order valence-corrected chi connectivity index (χ0v) is 12.1. The molecule has 3 heteroatoms. The molecule has 0 aliphatic carbocycles. The van der Waals surface area contributed by atoms with Crippen molar-refractivity contribution in [3.8, 4) is 0 Å². The van der Waals surface area contributed by atoms with Gasteiger partial charge in [0, 0.05) is 24.4 Å². The molecule has 0 amide bonds. The lowest BCUT2D eigenvalue weighted by atomic mass is 9.97. The van der Waals surface area contributed by atoms with Crippen molar-refractivity contribution in [3.05, 3.63) is 71.0 Å². The number of rotatable bonds is 3. The molecule has 2 aromatic carbocycles. The fourth-order valence-electron chi connectivity index (χ4n) is 2.40. The van der Waals surface area contributed by atoms with Gasteiger partial charge < -0.3 is 0 Å². The minimum atomic E-state index is 0.108. The van der Waals surface area contributed by atoms with Crippen LogP contribution in [0.2, 0.25) is 0 Å². The molecule has 3 rings (SSSR count). The van der Waals surface area contributed by atoms with Crippen molar-refractivity contribution in [3.63, 3.8) is 0 Å². The second-order valence-electron chi connectivity index (χ2n) is 5.29. The predicted molar refractivity (Wildman–Crippen MR) is 83.5 cm³/mol. The monoisotopic (exact) mass is 276 g/mol. The number of fused-ring (bicyclic) bond motifs is 1. The number of benzene rings is 2. The van der Waals surface area contributed by atoms with Crippen molar-refractivity contribution in [2.45, 2.75) is 20.3 Å². The average Bonchev–Trinajstić information content (AvgIpc) is 2.50. The lowest BCUT2D eigenvalue weighted by Crippen LogP contribution is -2.05. The number of carbonyl (C=O) groups is 1. The molecule has 0 N–H and O–H groups in total. The summed E-state index contributed by atoms with van der Waals surface area (Å²) in [6.45, 7) is 4.08. The lowest BCUT2D eigenvalue weighted by molar-refractivity contribution is 0.0993. The van der Waals surface area contributed by atoms with Crippen LogP contribution in [0.4, 0.5) is 0 Å². The standard InChI is InChI=1S/C18H16N2O/c1-12-3-4-13(2)15(9-12)11-18(21)14-5-6-16-17(10-14)20-8-7-19-16/h3-10H,11H2,1-2H3. The van der Waals surface area contributed by atoms with E-state index in [-0.39, 0.29) is 5.78 Å². The molecular weight excluding hydrogens is 260 g/mol. The van der Waals surface area contributed by atoms with Crippen LogP contribution in [0.25, 0.3) is 11.0 Å². The number of aryl methyl sites for hydroxylation is 2. The van der Waals surface area contributed by atoms with Crippen LogP contribution in [0.15, 0.2) is 48.8 Å². The number of hydrogen-bond acceptors (Lipinski definition) is 3. The Labute approximate surface area is 123 Å². The van der Waals surface area contributed by atoms with Gasteiger partial charge in [-0.2, -0.15) is 0 Å². The van der Waals surface area contributed by atoms with Gasteiger partial charge in [0.25, 0.3) is 0 Å². The molecule has 0 saturated carbocycles. The fourth-order valence-corrected chi connectivity index (χ4v) is 2.40. The van der Waals surface area contributed by atoms with Gasteiger partial charge >= 0.3 is 0 Å². The zero-order chi connectivity index (χ0) is 14.8. The molecule has 104 valence electrons. The first-order valence-corrected chi connectivity index (χ1v) is 6.93. The minimum Gasteiger partial charge on any atom is -0.294 e. The normalized spacial score (nSPS) is 10.8. The Morgan fingerprint density at radius 3 is 2.52 bits per heavy atom. The van der Waals surface area contributed by atoms with Crippen LogP contribution in [0.1, 0.15) is 27.0 Å². The smallest absolute Gasteiger partial charge is 0.167 e. The van der Waals surface area contributed by atoms with E-state index in [0.717, 1.165) is 22.2 Å². The van der Waals surface area contributed by atoms with Crippen LogP contribution in [0, 0.1) is 13.8 Å². The second-order valence-corrected chi connectivity index (χ2v) is 5.29. The molecule has 0 aliphatic rings. The molecule has 1 heterocycles. The van der Waals surface area contributed by atoms with Gasteiger partial charge in [-0.15, -0.1) is 0 Å². The van der Waals surface area contributed by atoms with Crippen LogP contribution in [-0.4, -0.2) is 15.8 Å². The molecule has 0 bridgehead atoms. The zero-order valence-electron chi connectivity index (χ0n) is 12.1. The third-order valence-corrected chi connectivity index (χ3v) is 3.65. The van der Waals surface area contributed by atoms with Crippen LogP contribution < -0.4 is 0 Å². The van der Waals surface area contributed by atoms with Gasteiger partial charge in [-0.1, -0.05) is 23.8 Å². The highest BCUT2D eigenvalue weighted by molar-refractivity contribution is 6.00. The largest absolute Gasteiger partial charge is 0.294 e. The van der Waals surface area contributed by atoms with E-state index in [4.69, 9.17) is 0 Å². The van der Waals surface area contributed by atoms with Gasteiger partial charge in [-0.05, 0) is 43.2 Å². The fraction of sp³-hybridized carbons (Fsp3) is 0.167. The average molecular weight is 276 g/mol. The minimum absolute atomic E-state index is 0.108. The van der Waals surface area contributed by atoms with Crippen molar-refractivity contribution in [2.75, 3.05) is 0 Å². The van der Waals surface area contributed by atoms with E-state index in [1.165, 1.54) is 5.56 Å². The second kappa shape index (κ2) is 5.44. The molecular formula is C18H16N2O. The highest BCUT2D eigenvalue weighted by Gasteiger charge is 2.10. The molecule has 21 heavy (non-hydrogen) atoms. The van der Waals surface area contributed by atoms with E-state index in [0.29, 0.717) is 12.0 Å². The summed E-state index contributed by atoms with van der Waals surface area (Å²) in [5.74, 6) is 0.108. The Kier molecular flexibility index (Phi) is 3.48. The molecule has 3 nitrogen and oxygen atoms in total. The number of nitrogens with zero attached hydrogens (tertiary/aromatic N) is 2. The number of Topliss-reactive ketones (excluding diaryl/α,β-unsaturated/α-hetero) is 1. The topological polar surface area (TPSA) is 42.9 Å². The Bertz CT molecular complexity index is 824. The SMILES string of the molecule is Cc1ccc(C)c(CC(=O)c2ccc3nccnc3c2)c1. The molecule has 0 fully saturated rings. The van der Waals surface area contributed by atoms with Crippen LogP contribution in [-0.2, 0) is 6.42 Å². The lowest BCUT2D eigenvalue weighted by Gasteiger charge is -2.07. The summed E-state index contributed by atoms with van der Waals surface area (Å²) in [6.07, 6.45) is 3.71. The maximum atomic E-state index is 12.5. The van der Waals surface area contributed by atoms with E-state index in [9.17, 15) is 4.79 Å². The third kappa shape index (κ3) is 2.82. The first kappa shape index (κ1) is 13.4. The summed E-state index contributed by atoms with van der Waals surface area (Å²) in [5, 5.41) is 0. The molecule has 0 spiro atoms. The van der Waals surface area contributed by atoms with E-state index in [1.807, 2.05) is 32.0 Å². The van der Waals surface area contributed by atoms with E-state index < -0.39 is 0 Å². The Morgan fingerprint density at radius 1 is 0.952 bits per heavy atom. The number of ketones is 1. The summed E-state index contributed by atoms with van der Waals surface area (Å²) in [5.41, 5.74) is 5.65. The first-order chi connectivity index (χ1) is 10.1. The van der Waals surface area contributed by atoms with E-state index >= 15 is 0 Å². The van der Waals surface area contributed by atoms with Crippen LogP contribution in [0.5, 0.6) is 0 Å². The summed E-state index contributed by atoms with van der Waals surface area (Å²) in [4.78, 5) is 20.9. The highest BCUT2D eigenvalue weighted by Crippen LogP contribution is 2.16. The summed E-state index contributed by atoms with van der Waals surface area (Å²) < 4.78 is 0. The van der Waals surface area contributed by atoms with Crippen LogP contribution >= 0.6 is 0 Å². The quantitative estimate of drug-likeness (QED) is 0.685. The van der Waals surface area contributed by atoms with Crippen molar-refractivity contribution in [1.29, 1.82) is 0 Å². The van der Waals surface area contributed by atoms with Gasteiger partial charge in [-0.3, -0.25) is 14.8 Å². The first-order valence-electron chi connectivity index (χ1n) is 6.93. The third-order valence-electron chi connectivity index (χ3n) is 3.65. The Balaban J connectivity index is 1.91. The molecule has 3 aromatic rings. The molecule has 0 unspecified atom stereocenters. The van der Waals surface area contributed by atoms with Gasteiger partial charge in [-0.25, -0.2) is 0 Å². The Hall–Kier alpha value is -2.55. The maximum absolute atomic E-state index is 12.5. The summed E-state index contributed by atoms with van der Waals surface area (Å²) in [7, 11) is 0. The molecule has 0 atom stereocenters. The van der Waals surface area contributed by atoms with Crippen molar-refractivity contribution < 1.29 is 4.79 Å². The van der Waals surface area contributed by atoms with Crippen molar-refractivity contribution in [2.24, 2.45) is 0 Å². The van der Waals surface area contributed by atoms with Gasteiger partial charge in [0.15, 0.2) is 5.78 Å². The van der Waals surface area contributed by atoms with Crippen molar-refractivity contribution >= 4 is 16.8 Å². The molecule has 0 aliphatic heterocycles. The summed E-state index contributed by atoms with van der Waals surface area (Å²) >= 11 is 0. The number of carbonyl (C=O) groups excluding carboxylic acids is 1. The molecule has 0 saturated heterocycles. The van der Waals surface area contributed by atoms with Gasteiger partial charge in [0.2, 0.25) is 0 Å². The van der Waals surface area contributed by atoms with Gasteiger partial charge in [0.1, 0.15) is 0 Å². The highest BCUT2D eigenvalue weighted by atomic mass is 16.1. The maximum Gasteiger partial charge on any atom is 0.167 e. The Morgan fingerprint density at radius 2 is 1.71 bits per heavy atom. The molecule has 0 radical (unpaired) electrons. The molecule has 1 aromatic heterocycles. The predicted octanol–water partition coefficient (Wildman–Crippen LogP) is 3.67. The van der Waals surface area contributed by atoms with Crippen molar-refractivity contribution in [1.82, 2.24) is 9.97 Å². The number of hydrogen-bond donors (Lipinski definition) is 0. The van der Waals surface area contributed by atoms with Gasteiger partial charge in [0.05, 0.1) is 11.0 Å².